The molecule has 0 aliphatic carbocycles. The molecule has 0 fully saturated rings. The van der Waals surface area contributed by atoms with Crippen molar-refractivity contribution in [2.24, 2.45) is 0 Å². The van der Waals surface area contributed by atoms with Crippen molar-refractivity contribution in [3.63, 3.8) is 0 Å². The van der Waals surface area contributed by atoms with E-state index in [9.17, 15) is 21.6 Å². The number of pyridine rings is 1. The lowest BCUT2D eigenvalue weighted by atomic mass is 10.1. The summed E-state index contributed by atoms with van der Waals surface area (Å²) in [5.74, 6) is 0.314. The molecule has 0 atom stereocenters. The summed E-state index contributed by atoms with van der Waals surface area (Å²) in [5, 5.41) is 1.30. The SMILES string of the molecule is COc1ccc(-c2csc(C(F)(F)F)c2COS(C)(=O)=O)cn1. The molecule has 0 N–H and O–H groups in total. The van der Waals surface area contributed by atoms with Gasteiger partial charge in [-0.1, -0.05) is 0 Å². The molecule has 5 nitrogen and oxygen atoms in total. The minimum atomic E-state index is -4.60. The van der Waals surface area contributed by atoms with Crippen LogP contribution in [0.1, 0.15) is 10.4 Å². The molecular weight excluding hydrogens is 355 g/mol. The molecule has 0 aromatic carbocycles. The lowest BCUT2D eigenvalue weighted by Crippen LogP contribution is -2.09. The molecule has 0 saturated heterocycles. The third-order valence-electron chi connectivity index (χ3n) is 2.83. The molecule has 0 saturated carbocycles. The van der Waals surface area contributed by atoms with Crippen molar-refractivity contribution in [1.29, 1.82) is 0 Å². The number of rotatable bonds is 5. The van der Waals surface area contributed by atoms with Crippen LogP contribution in [0.4, 0.5) is 13.2 Å². The average molecular weight is 367 g/mol. The van der Waals surface area contributed by atoms with Crippen molar-refractivity contribution in [1.82, 2.24) is 4.98 Å². The number of hydrogen-bond donors (Lipinski definition) is 0. The molecular formula is C13H12F3NO4S2. The smallest absolute Gasteiger partial charge is 0.425 e. The van der Waals surface area contributed by atoms with Crippen molar-refractivity contribution in [2.75, 3.05) is 13.4 Å². The molecule has 2 heterocycles. The van der Waals surface area contributed by atoms with E-state index in [1.807, 2.05) is 0 Å². The van der Waals surface area contributed by atoms with Gasteiger partial charge in [0.2, 0.25) is 5.88 Å². The summed E-state index contributed by atoms with van der Waals surface area (Å²) in [7, 11) is -2.45. The first-order valence-electron chi connectivity index (χ1n) is 6.14. The van der Waals surface area contributed by atoms with Crippen LogP contribution in [-0.2, 0) is 27.1 Å². The van der Waals surface area contributed by atoms with Crippen LogP contribution < -0.4 is 4.74 Å². The van der Waals surface area contributed by atoms with E-state index in [2.05, 4.69) is 9.17 Å². The van der Waals surface area contributed by atoms with Gasteiger partial charge in [0.1, 0.15) is 4.88 Å². The maximum absolute atomic E-state index is 13.1. The number of halogens is 3. The van der Waals surface area contributed by atoms with Crippen molar-refractivity contribution in [2.45, 2.75) is 12.8 Å². The highest BCUT2D eigenvalue weighted by molar-refractivity contribution is 7.85. The number of hydrogen-bond acceptors (Lipinski definition) is 6. The van der Waals surface area contributed by atoms with E-state index in [4.69, 9.17) is 4.74 Å². The van der Waals surface area contributed by atoms with Gasteiger partial charge >= 0.3 is 6.18 Å². The maximum Gasteiger partial charge on any atom is 0.425 e. The molecule has 0 amide bonds. The Morgan fingerprint density at radius 3 is 2.48 bits per heavy atom. The Morgan fingerprint density at radius 1 is 1.30 bits per heavy atom. The molecule has 0 radical (unpaired) electrons. The predicted molar refractivity (Wildman–Crippen MR) is 78.7 cm³/mol. The van der Waals surface area contributed by atoms with Gasteiger partial charge in [-0.25, -0.2) is 4.98 Å². The van der Waals surface area contributed by atoms with Crippen LogP contribution in [0.15, 0.2) is 23.7 Å². The predicted octanol–water partition coefficient (Wildman–Crippen LogP) is 3.31. The summed E-state index contributed by atoms with van der Waals surface area (Å²) in [6, 6.07) is 3.04. The Bertz CT molecular complexity index is 783. The topological polar surface area (TPSA) is 65.5 Å². The summed E-state index contributed by atoms with van der Waals surface area (Å²) >= 11 is 0.480. The van der Waals surface area contributed by atoms with Crippen molar-refractivity contribution >= 4 is 21.5 Å². The van der Waals surface area contributed by atoms with Crippen LogP contribution in [0.25, 0.3) is 11.1 Å². The number of ether oxygens (including phenoxy) is 1. The van der Waals surface area contributed by atoms with Crippen LogP contribution in [0.3, 0.4) is 0 Å². The molecule has 0 bridgehead atoms. The normalized spacial score (nSPS) is 12.4. The summed E-state index contributed by atoms with van der Waals surface area (Å²) in [4.78, 5) is 3.04. The monoisotopic (exact) mass is 367 g/mol. The molecule has 0 unspecified atom stereocenters. The number of alkyl halides is 3. The minimum Gasteiger partial charge on any atom is -0.481 e. The first-order chi connectivity index (χ1) is 10.6. The molecule has 2 aromatic heterocycles. The van der Waals surface area contributed by atoms with Crippen LogP contribution >= 0.6 is 11.3 Å². The minimum absolute atomic E-state index is 0.223. The average Bonchev–Trinajstić information content (AvgIpc) is 2.88. The van der Waals surface area contributed by atoms with Gasteiger partial charge in [-0.15, -0.1) is 11.3 Å². The van der Waals surface area contributed by atoms with Crippen molar-refractivity contribution < 1.29 is 30.5 Å². The first kappa shape index (κ1) is 17.7. The maximum atomic E-state index is 13.1. The summed E-state index contributed by atoms with van der Waals surface area (Å²) in [6.45, 7) is -0.696. The van der Waals surface area contributed by atoms with E-state index in [1.165, 1.54) is 30.8 Å². The zero-order valence-electron chi connectivity index (χ0n) is 12.0. The second-order valence-corrected chi connectivity index (χ2v) is 7.03. The van der Waals surface area contributed by atoms with E-state index in [0.29, 0.717) is 22.8 Å². The molecule has 23 heavy (non-hydrogen) atoms. The van der Waals surface area contributed by atoms with E-state index in [-0.39, 0.29) is 11.1 Å². The fourth-order valence-corrected chi connectivity index (χ4v) is 3.12. The molecule has 0 spiro atoms. The lowest BCUT2D eigenvalue weighted by molar-refractivity contribution is -0.135. The van der Waals surface area contributed by atoms with Gasteiger partial charge in [0.25, 0.3) is 10.1 Å². The molecule has 0 aliphatic rings. The van der Waals surface area contributed by atoms with E-state index < -0.39 is 27.8 Å². The van der Waals surface area contributed by atoms with Crippen molar-refractivity contribution in [3.8, 4) is 17.0 Å². The van der Waals surface area contributed by atoms with Crippen LogP contribution in [0, 0.1) is 0 Å². The largest absolute Gasteiger partial charge is 0.481 e. The van der Waals surface area contributed by atoms with E-state index >= 15 is 0 Å². The van der Waals surface area contributed by atoms with Gasteiger partial charge < -0.3 is 4.74 Å². The van der Waals surface area contributed by atoms with Gasteiger partial charge in [0.15, 0.2) is 0 Å². The van der Waals surface area contributed by atoms with E-state index in [0.717, 1.165) is 6.26 Å². The fourth-order valence-electron chi connectivity index (χ4n) is 1.83. The van der Waals surface area contributed by atoms with Crippen LogP contribution in [0.5, 0.6) is 5.88 Å². The third kappa shape index (κ3) is 4.43. The number of aromatic nitrogens is 1. The highest BCUT2D eigenvalue weighted by atomic mass is 32.2. The quantitative estimate of drug-likeness (QED) is 0.759. The van der Waals surface area contributed by atoms with Gasteiger partial charge in [-0.3, -0.25) is 4.18 Å². The van der Waals surface area contributed by atoms with E-state index in [1.54, 1.807) is 0 Å². The molecule has 0 aliphatic heterocycles. The summed E-state index contributed by atoms with van der Waals surface area (Å²) < 4.78 is 70.9. The summed E-state index contributed by atoms with van der Waals surface area (Å²) in [6.07, 6.45) is -2.47. The highest BCUT2D eigenvalue weighted by Crippen LogP contribution is 2.42. The Balaban J connectivity index is 2.47. The second kappa shape index (κ2) is 6.46. The second-order valence-electron chi connectivity index (χ2n) is 4.51. The Morgan fingerprint density at radius 2 is 2.00 bits per heavy atom. The van der Waals surface area contributed by atoms with Crippen LogP contribution in [-0.4, -0.2) is 26.8 Å². The van der Waals surface area contributed by atoms with Crippen molar-refractivity contribution in [3.05, 3.63) is 34.2 Å². The van der Waals surface area contributed by atoms with Gasteiger partial charge in [0, 0.05) is 29.0 Å². The van der Waals surface area contributed by atoms with Gasteiger partial charge in [0.05, 0.1) is 20.0 Å². The zero-order valence-corrected chi connectivity index (χ0v) is 13.7. The lowest BCUT2D eigenvalue weighted by Gasteiger charge is -2.10. The standard InChI is InChI=1S/C13H12F3NO4S2/c1-20-11-4-3-8(5-17-11)10-7-22-12(13(14,15)16)9(10)6-21-23(2,18)19/h3-5,7H,6H2,1-2H3. The van der Waals surface area contributed by atoms with Gasteiger partial charge in [-0.05, 0) is 11.4 Å². The molecule has 10 heteroatoms. The number of thiophene rings is 1. The zero-order chi connectivity index (χ0) is 17.3. The highest BCUT2D eigenvalue weighted by Gasteiger charge is 2.37. The number of methoxy groups -OCH3 is 1. The molecule has 126 valence electrons. The fraction of sp³-hybridized carbons (Fsp3) is 0.308. The van der Waals surface area contributed by atoms with Gasteiger partial charge in [-0.2, -0.15) is 21.6 Å². The first-order valence-corrected chi connectivity index (χ1v) is 8.84. The Kier molecular flexibility index (Phi) is 4.97. The number of nitrogens with zero attached hydrogens (tertiary/aromatic N) is 1. The molecule has 2 rings (SSSR count). The Hall–Kier alpha value is -1.65. The third-order valence-corrected chi connectivity index (χ3v) is 4.44. The summed E-state index contributed by atoms with van der Waals surface area (Å²) in [5.41, 5.74) is 0.394. The van der Waals surface area contributed by atoms with Crippen LogP contribution in [0.2, 0.25) is 0 Å². The Labute approximate surface area is 134 Å². The molecule has 2 aromatic rings.